The highest BCUT2D eigenvalue weighted by Crippen LogP contribution is 2.45. The summed E-state index contributed by atoms with van der Waals surface area (Å²) in [5.41, 5.74) is 7.30. The number of anilines is 1. The molecule has 0 fully saturated rings. The van der Waals surface area contributed by atoms with E-state index in [1.165, 1.54) is 11.8 Å². The van der Waals surface area contributed by atoms with E-state index >= 15 is 0 Å². The number of hydrogen-bond acceptors (Lipinski definition) is 5. The number of aromatic nitrogens is 1. The van der Waals surface area contributed by atoms with Crippen LogP contribution in [0.1, 0.15) is 10.8 Å². The van der Waals surface area contributed by atoms with Crippen LogP contribution in [0.25, 0.3) is 0 Å². The SMILES string of the molecule is Nc1cnccc1SC1CS(=O)(=O)c2ccccc21. The van der Waals surface area contributed by atoms with Crippen LogP contribution in [-0.2, 0) is 9.84 Å². The maximum atomic E-state index is 12.1. The first-order valence-corrected chi connectivity index (χ1v) is 8.29. The molecule has 1 aromatic heterocycles. The van der Waals surface area contributed by atoms with Gasteiger partial charge in [0.1, 0.15) is 0 Å². The lowest BCUT2D eigenvalue weighted by molar-refractivity contribution is 0.600. The first-order chi connectivity index (χ1) is 9.08. The lowest BCUT2D eigenvalue weighted by atomic mass is 10.2. The number of hydrogen-bond donors (Lipinski definition) is 1. The van der Waals surface area contributed by atoms with Crippen LogP contribution in [0.2, 0.25) is 0 Å². The van der Waals surface area contributed by atoms with Crippen LogP contribution in [0.15, 0.2) is 52.5 Å². The van der Waals surface area contributed by atoms with Crippen molar-refractivity contribution in [1.29, 1.82) is 0 Å². The van der Waals surface area contributed by atoms with E-state index in [4.69, 9.17) is 5.73 Å². The predicted octanol–water partition coefficient (Wildman–Crippen LogP) is 2.28. The molecule has 2 aromatic rings. The Morgan fingerprint density at radius 2 is 2.05 bits per heavy atom. The van der Waals surface area contributed by atoms with Gasteiger partial charge in [-0.05, 0) is 17.7 Å². The number of thioether (sulfide) groups is 1. The smallest absolute Gasteiger partial charge is 0.180 e. The molecular formula is C13H12N2O2S2. The molecular weight excluding hydrogens is 280 g/mol. The number of nitrogens with two attached hydrogens (primary N) is 1. The molecule has 6 heteroatoms. The summed E-state index contributed by atoms with van der Waals surface area (Å²) >= 11 is 1.48. The number of nitrogens with zero attached hydrogens (tertiary/aromatic N) is 1. The van der Waals surface area contributed by atoms with Gasteiger partial charge in [-0.3, -0.25) is 4.98 Å². The standard InChI is InChI=1S/C13H12N2O2S2/c14-10-7-15-6-5-11(10)18-12-8-19(16,17)13-4-2-1-3-9(12)13/h1-7,12H,8,14H2. The number of benzene rings is 1. The molecule has 0 saturated carbocycles. The predicted molar refractivity (Wildman–Crippen MR) is 75.7 cm³/mol. The van der Waals surface area contributed by atoms with Crippen molar-refractivity contribution in [2.75, 3.05) is 11.5 Å². The molecule has 4 nitrogen and oxygen atoms in total. The molecule has 98 valence electrons. The first-order valence-electron chi connectivity index (χ1n) is 5.76. The maximum Gasteiger partial charge on any atom is 0.180 e. The van der Waals surface area contributed by atoms with E-state index in [1.54, 1.807) is 24.5 Å². The van der Waals surface area contributed by atoms with Crippen molar-refractivity contribution in [2.45, 2.75) is 15.0 Å². The van der Waals surface area contributed by atoms with E-state index in [1.807, 2.05) is 18.2 Å². The summed E-state index contributed by atoms with van der Waals surface area (Å²) in [5, 5.41) is -0.106. The average molecular weight is 292 g/mol. The van der Waals surface area contributed by atoms with E-state index in [2.05, 4.69) is 4.98 Å². The Labute approximate surface area is 116 Å². The molecule has 0 radical (unpaired) electrons. The van der Waals surface area contributed by atoms with Crippen LogP contribution in [0, 0.1) is 0 Å². The van der Waals surface area contributed by atoms with Crippen LogP contribution in [0.4, 0.5) is 5.69 Å². The Hall–Kier alpha value is -1.53. The first kappa shape index (κ1) is 12.5. The van der Waals surface area contributed by atoms with Crippen molar-refractivity contribution in [3.63, 3.8) is 0 Å². The molecule has 2 N–H and O–H groups in total. The second-order valence-electron chi connectivity index (χ2n) is 4.34. The molecule has 1 unspecified atom stereocenters. The highest BCUT2D eigenvalue weighted by molar-refractivity contribution is 8.01. The fraction of sp³-hybridized carbons (Fsp3) is 0.154. The second kappa shape index (κ2) is 4.54. The van der Waals surface area contributed by atoms with Crippen molar-refractivity contribution in [1.82, 2.24) is 4.98 Å². The Morgan fingerprint density at radius 1 is 1.26 bits per heavy atom. The summed E-state index contributed by atoms with van der Waals surface area (Å²) in [6, 6.07) is 8.97. The number of fused-ring (bicyclic) bond motifs is 1. The fourth-order valence-electron chi connectivity index (χ4n) is 2.16. The Bertz CT molecular complexity index is 729. The maximum absolute atomic E-state index is 12.1. The van der Waals surface area contributed by atoms with Gasteiger partial charge in [-0.2, -0.15) is 0 Å². The number of pyridine rings is 1. The summed E-state index contributed by atoms with van der Waals surface area (Å²) in [5.74, 6) is 0.124. The summed E-state index contributed by atoms with van der Waals surface area (Å²) in [6.45, 7) is 0. The lowest BCUT2D eigenvalue weighted by Gasteiger charge is -2.11. The van der Waals surface area contributed by atoms with Crippen molar-refractivity contribution in [3.8, 4) is 0 Å². The van der Waals surface area contributed by atoms with Crippen molar-refractivity contribution >= 4 is 27.3 Å². The van der Waals surface area contributed by atoms with Gasteiger partial charge in [0.2, 0.25) is 0 Å². The number of sulfone groups is 1. The zero-order chi connectivity index (χ0) is 13.5. The molecule has 1 atom stereocenters. The molecule has 0 saturated heterocycles. The zero-order valence-electron chi connectivity index (χ0n) is 9.98. The van der Waals surface area contributed by atoms with Crippen molar-refractivity contribution < 1.29 is 8.42 Å². The van der Waals surface area contributed by atoms with Gasteiger partial charge in [0, 0.05) is 11.1 Å². The minimum absolute atomic E-state index is 0.106. The number of rotatable bonds is 2. The van der Waals surface area contributed by atoms with E-state index < -0.39 is 9.84 Å². The van der Waals surface area contributed by atoms with Gasteiger partial charge in [-0.15, -0.1) is 11.8 Å². The monoisotopic (exact) mass is 292 g/mol. The van der Waals surface area contributed by atoms with Gasteiger partial charge in [0.15, 0.2) is 9.84 Å². The molecule has 1 aliphatic rings. The van der Waals surface area contributed by atoms with Gasteiger partial charge < -0.3 is 5.73 Å². The normalized spacial score (nSPS) is 20.1. The largest absolute Gasteiger partial charge is 0.397 e. The molecule has 0 bridgehead atoms. The quantitative estimate of drug-likeness (QED) is 0.919. The third kappa shape index (κ3) is 2.21. The molecule has 3 rings (SSSR count). The zero-order valence-corrected chi connectivity index (χ0v) is 11.6. The van der Waals surface area contributed by atoms with E-state index in [0.29, 0.717) is 10.6 Å². The third-order valence-electron chi connectivity index (χ3n) is 3.05. The van der Waals surface area contributed by atoms with Gasteiger partial charge in [-0.1, -0.05) is 18.2 Å². The fourth-order valence-corrected chi connectivity index (χ4v) is 5.63. The Balaban J connectivity index is 1.99. The molecule has 0 spiro atoms. The van der Waals surface area contributed by atoms with Crippen LogP contribution < -0.4 is 5.73 Å². The van der Waals surface area contributed by atoms with Gasteiger partial charge in [-0.25, -0.2) is 8.42 Å². The summed E-state index contributed by atoms with van der Waals surface area (Å²) in [6.07, 6.45) is 3.24. The van der Waals surface area contributed by atoms with Gasteiger partial charge in [0.05, 0.1) is 27.8 Å². The minimum Gasteiger partial charge on any atom is -0.397 e. The van der Waals surface area contributed by atoms with Crippen LogP contribution in [0.5, 0.6) is 0 Å². The summed E-state index contributed by atoms with van der Waals surface area (Å²) in [7, 11) is -3.16. The topological polar surface area (TPSA) is 73.0 Å². The van der Waals surface area contributed by atoms with E-state index in [-0.39, 0.29) is 11.0 Å². The summed E-state index contributed by atoms with van der Waals surface area (Å²) in [4.78, 5) is 5.25. The van der Waals surface area contributed by atoms with Gasteiger partial charge in [0.25, 0.3) is 0 Å². The highest BCUT2D eigenvalue weighted by atomic mass is 32.2. The summed E-state index contributed by atoms with van der Waals surface area (Å²) < 4.78 is 24.2. The molecule has 0 amide bonds. The van der Waals surface area contributed by atoms with Crippen molar-refractivity contribution in [3.05, 3.63) is 48.3 Å². The Kier molecular flexibility index (Phi) is 2.99. The minimum atomic E-state index is -3.16. The second-order valence-corrected chi connectivity index (χ2v) is 7.59. The lowest BCUT2D eigenvalue weighted by Crippen LogP contribution is -2.01. The highest BCUT2D eigenvalue weighted by Gasteiger charge is 2.35. The molecule has 1 aromatic carbocycles. The molecule has 19 heavy (non-hydrogen) atoms. The molecule has 2 heterocycles. The van der Waals surface area contributed by atoms with Crippen LogP contribution >= 0.6 is 11.8 Å². The third-order valence-corrected chi connectivity index (χ3v) is 6.41. The molecule has 1 aliphatic heterocycles. The van der Waals surface area contributed by atoms with Crippen LogP contribution in [-0.4, -0.2) is 19.2 Å². The van der Waals surface area contributed by atoms with E-state index in [9.17, 15) is 8.42 Å². The van der Waals surface area contributed by atoms with Crippen molar-refractivity contribution in [2.24, 2.45) is 0 Å². The average Bonchev–Trinajstić information content (AvgIpc) is 2.65. The van der Waals surface area contributed by atoms with Gasteiger partial charge >= 0.3 is 0 Å². The Morgan fingerprint density at radius 3 is 2.84 bits per heavy atom. The number of nitrogen functional groups attached to an aromatic ring is 1. The molecule has 0 aliphatic carbocycles. The van der Waals surface area contributed by atoms with Crippen LogP contribution in [0.3, 0.4) is 0 Å². The van der Waals surface area contributed by atoms with E-state index in [0.717, 1.165) is 10.5 Å².